The van der Waals surface area contributed by atoms with E-state index in [2.05, 4.69) is 5.32 Å². The Morgan fingerprint density at radius 1 is 1.46 bits per heavy atom. The maximum Gasteiger partial charge on any atom is 0.414 e. The Bertz CT molecular complexity index is 705. The van der Waals surface area contributed by atoms with Gasteiger partial charge >= 0.3 is 6.09 Å². The number of ether oxygens (including phenoxy) is 1. The van der Waals surface area contributed by atoms with E-state index in [4.69, 9.17) is 9.88 Å². The molecule has 0 radical (unpaired) electrons. The Morgan fingerprint density at radius 3 is 2.77 bits per heavy atom. The van der Waals surface area contributed by atoms with Crippen molar-refractivity contribution in [1.82, 2.24) is 5.32 Å². The minimum Gasteiger partial charge on any atom is -0.614 e. The van der Waals surface area contributed by atoms with Crippen LogP contribution in [0.15, 0.2) is 18.2 Å². The predicted octanol–water partition coefficient (Wildman–Crippen LogP) is 3.41. The molecule has 0 aliphatic carbocycles. The molecule has 3 N–H and O–H groups in total. The molecule has 0 spiro atoms. The molecule has 26 heavy (non-hydrogen) atoms. The Labute approximate surface area is 153 Å². The van der Waals surface area contributed by atoms with Crippen molar-refractivity contribution < 1.29 is 23.3 Å². The first kappa shape index (κ1) is 18.9. The van der Waals surface area contributed by atoms with Gasteiger partial charge in [-0.05, 0) is 48.0 Å². The highest BCUT2D eigenvalue weighted by atomic mass is 32.3. The lowest BCUT2D eigenvalue weighted by molar-refractivity contribution is -0.119. The van der Waals surface area contributed by atoms with Gasteiger partial charge in [-0.1, -0.05) is 6.07 Å². The van der Waals surface area contributed by atoms with Crippen molar-refractivity contribution in [2.24, 2.45) is 0 Å². The molecule has 2 aliphatic rings. The van der Waals surface area contributed by atoms with Gasteiger partial charge in [-0.2, -0.15) is 0 Å². The number of benzene rings is 1. The fraction of sp³-hybridized carbons (Fsp3) is 0.529. The minimum absolute atomic E-state index is 0.0137. The van der Waals surface area contributed by atoms with Crippen LogP contribution in [0.5, 0.6) is 0 Å². The van der Waals surface area contributed by atoms with Gasteiger partial charge in [0.2, 0.25) is 5.91 Å². The first-order chi connectivity index (χ1) is 12.2. The van der Waals surface area contributed by atoms with Gasteiger partial charge in [-0.25, -0.2) is 19.7 Å². The van der Waals surface area contributed by atoms with E-state index in [1.165, 1.54) is 17.9 Å². The van der Waals surface area contributed by atoms with Crippen LogP contribution < -0.4 is 10.2 Å². The van der Waals surface area contributed by atoms with Crippen molar-refractivity contribution in [2.75, 3.05) is 29.5 Å². The first-order valence-electron chi connectivity index (χ1n) is 8.53. The molecular formula is C17H23FN3O4S-. The molecule has 0 aromatic heterocycles. The molecule has 3 rings (SSSR count). The molecule has 2 saturated heterocycles. The van der Waals surface area contributed by atoms with Crippen LogP contribution in [0.25, 0.3) is 5.14 Å². The summed E-state index contributed by atoms with van der Waals surface area (Å²) in [4.78, 5) is 24.3. The molecule has 2 amide bonds. The van der Waals surface area contributed by atoms with Gasteiger partial charge in [0.15, 0.2) is 0 Å². The number of amides is 2. The number of nitrogens with one attached hydrogen (secondary N) is 2. The number of anilines is 1. The summed E-state index contributed by atoms with van der Waals surface area (Å²) < 4.78 is 29.6. The average molecular weight is 384 g/mol. The summed E-state index contributed by atoms with van der Waals surface area (Å²) in [7, 11) is -2.25. The maximum absolute atomic E-state index is 14.6. The normalized spacial score (nSPS) is 31.2. The summed E-state index contributed by atoms with van der Waals surface area (Å²) in [5, 5.41) is 10.3. The molecular weight excluding hydrogens is 361 g/mol. The minimum atomic E-state index is -2.25. The molecule has 144 valence electrons. The van der Waals surface area contributed by atoms with E-state index in [9.17, 15) is 18.5 Å². The summed E-state index contributed by atoms with van der Waals surface area (Å²) >= 11 is 0. The monoisotopic (exact) mass is 384 g/mol. The summed E-state index contributed by atoms with van der Waals surface area (Å²) in [6, 6.07) is 4.69. The van der Waals surface area contributed by atoms with Crippen molar-refractivity contribution >= 4 is 28.2 Å². The SMILES string of the molecule is CC(=O)NC[C@H]1CN(c2ccc(C3CCS([NH-])(O)CC3)c(F)c2)C(=O)O1. The number of carbonyl (C=O) groups is 2. The van der Waals surface area contributed by atoms with Crippen LogP contribution in [0.2, 0.25) is 0 Å². The van der Waals surface area contributed by atoms with Crippen LogP contribution in [0.1, 0.15) is 31.2 Å². The fourth-order valence-corrected chi connectivity index (χ4v) is 4.90. The lowest BCUT2D eigenvalue weighted by Crippen LogP contribution is -2.33. The number of rotatable bonds is 4. The van der Waals surface area contributed by atoms with Gasteiger partial charge in [0, 0.05) is 6.92 Å². The average Bonchev–Trinajstić information content (AvgIpc) is 2.94. The molecule has 0 saturated carbocycles. The highest BCUT2D eigenvalue weighted by Gasteiger charge is 2.33. The molecule has 2 aliphatic heterocycles. The third kappa shape index (κ3) is 4.28. The Kier molecular flexibility index (Phi) is 5.40. The van der Waals surface area contributed by atoms with Crippen molar-refractivity contribution in [3.8, 4) is 0 Å². The molecule has 0 bridgehead atoms. The van der Waals surface area contributed by atoms with Crippen LogP contribution in [-0.2, 0) is 9.53 Å². The van der Waals surface area contributed by atoms with Gasteiger partial charge < -0.3 is 19.7 Å². The molecule has 0 unspecified atom stereocenters. The van der Waals surface area contributed by atoms with Crippen molar-refractivity contribution in [3.63, 3.8) is 0 Å². The van der Waals surface area contributed by atoms with Crippen LogP contribution in [-0.4, -0.2) is 47.3 Å². The molecule has 7 nitrogen and oxygen atoms in total. The third-order valence-corrected chi connectivity index (χ3v) is 6.62. The van der Waals surface area contributed by atoms with E-state index < -0.39 is 28.5 Å². The van der Waals surface area contributed by atoms with Gasteiger partial charge in [-0.15, -0.1) is 0 Å². The number of carbonyl (C=O) groups excluding carboxylic acids is 2. The highest BCUT2D eigenvalue weighted by molar-refractivity contribution is 8.30. The number of halogens is 1. The number of cyclic esters (lactones) is 1. The Morgan fingerprint density at radius 2 is 2.15 bits per heavy atom. The maximum atomic E-state index is 14.6. The van der Waals surface area contributed by atoms with Crippen LogP contribution in [0.4, 0.5) is 14.9 Å². The topological polar surface area (TPSA) is 103 Å². The van der Waals surface area contributed by atoms with Gasteiger partial charge in [0.25, 0.3) is 0 Å². The lowest BCUT2D eigenvalue weighted by Gasteiger charge is -2.45. The smallest absolute Gasteiger partial charge is 0.414 e. The number of hydrogen-bond acceptors (Lipinski definition) is 4. The van der Waals surface area contributed by atoms with E-state index in [0.717, 1.165) is 0 Å². The quantitative estimate of drug-likeness (QED) is 0.830. The van der Waals surface area contributed by atoms with Crippen molar-refractivity contribution in [2.45, 2.75) is 31.8 Å². The second-order valence-corrected chi connectivity index (χ2v) is 9.29. The first-order valence-corrected chi connectivity index (χ1v) is 10.5. The van der Waals surface area contributed by atoms with Crippen LogP contribution in [0, 0.1) is 5.82 Å². The molecule has 1 atom stereocenters. The molecule has 2 heterocycles. The summed E-state index contributed by atoms with van der Waals surface area (Å²) in [6.07, 6.45) is 0.157. The van der Waals surface area contributed by atoms with Crippen molar-refractivity contribution in [1.29, 1.82) is 0 Å². The standard InChI is InChI=1S/C17H23FN3O4S/c1-11(22)20-9-14-10-21(17(23)25-14)13-2-3-15(16(18)8-13)12-4-6-26(19,24)7-5-12/h2-3,8,12,14,19,24H,4-7,9-10H2,1H3,(H,20,22)/q-1/t14-/m0/s1. The molecule has 9 heteroatoms. The lowest BCUT2D eigenvalue weighted by atomic mass is 9.93. The summed E-state index contributed by atoms with van der Waals surface area (Å²) in [6.45, 7) is 1.85. The van der Waals surface area contributed by atoms with Crippen LogP contribution >= 0.6 is 10.5 Å². The molecule has 1 aromatic carbocycles. The van der Waals surface area contributed by atoms with E-state index >= 15 is 0 Å². The van der Waals surface area contributed by atoms with Crippen molar-refractivity contribution in [3.05, 3.63) is 34.7 Å². The van der Waals surface area contributed by atoms with Gasteiger partial charge in [-0.3, -0.25) is 9.69 Å². The second-order valence-electron chi connectivity index (χ2n) is 6.78. The summed E-state index contributed by atoms with van der Waals surface area (Å²) in [5.41, 5.74) is 0.978. The number of hydrogen-bond donors (Lipinski definition) is 2. The van der Waals surface area contributed by atoms with E-state index in [0.29, 0.717) is 35.6 Å². The second kappa shape index (κ2) is 7.42. The Balaban J connectivity index is 1.68. The fourth-order valence-electron chi connectivity index (χ4n) is 3.34. The third-order valence-electron chi connectivity index (χ3n) is 4.80. The molecule has 1 aromatic rings. The summed E-state index contributed by atoms with van der Waals surface area (Å²) in [5.74, 6) is 0.199. The predicted molar refractivity (Wildman–Crippen MR) is 98.9 cm³/mol. The number of nitrogens with zero attached hydrogens (tertiary/aromatic N) is 1. The van der Waals surface area contributed by atoms with Gasteiger partial charge in [0.1, 0.15) is 11.9 Å². The largest absolute Gasteiger partial charge is 0.614 e. The van der Waals surface area contributed by atoms with E-state index in [-0.39, 0.29) is 24.9 Å². The van der Waals surface area contributed by atoms with Gasteiger partial charge in [0.05, 0.1) is 18.8 Å². The van der Waals surface area contributed by atoms with Crippen LogP contribution in [0.3, 0.4) is 0 Å². The highest BCUT2D eigenvalue weighted by Crippen LogP contribution is 2.52. The van der Waals surface area contributed by atoms with E-state index in [1.54, 1.807) is 12.1 Å². The zero-order valence-corrected chi connectivity index (χ0v) is 15.4. The zero-order chi connectivity index (χ0) is 18.9. The zero-order valence-electron chi connectivity index (χ0n) is 14.5. The van der Waals surface area contributed by atoms with E-state index in [1.807, 2.05) is 0 Å². The Hall–Kier alpha value is -1.84. The molecule has 2 fully saturated rings.